The summed E-state index contributed by atoms with van der Waals surface area (Å²) in [6.45, 7) is 1.80. The molecule has 0 fully saturated rings. The van der Waals surface area contributed by atoms with Crippen molar-refractivity contribution in [3.8, 4) is 28.5 Å². The zero-order valence-corrected chi connectivity index (χ0v) is 13.9. The molecular formula is C18H12BrN3O. The molecule has 0 aliphatic carbocycles. The third-order valence-electron chi connectivity index (χ3n) is 3.50. The van der Waals surface area contributed by atoms with E-state index in [-0.39, 0.29) is 11.1 Å². The molecule has 3 aromatic rings. The maximum atomic E-state index is 11.9. The van der Waals surface area contributed by atoms with Crippen molar-refractivity contribution in [2.75, 3.05) is 0 Å². The zero-order chi connectivity index (χ0) is 16.4. The molecule has 0 aliphatic heterocycles. The van der Waals surface area contributed by atoms with E-state index < -0.39 is 0 Å². The molecule has 0 unspecified atom stereocenters. The Kier molecular flexibility index (Phi) is 4.09. The van der Waals surface area contributed by atoms with Gasteiger partial charge in [-0.2, -0.15) is 5.26 Å². The van der Waals surface area contributed by atoms with E-state index >= 15 is 0 Å². The van der Waals surface area contributed by atoms with E-state index in [1.165, 1.54) is 0 Å². The van der Waals surface area contributed by atoms with E-state index in [1.54, 1.807) is 13.1 Å². The van der Waals surface area contributed by atoms with Crippen molar-refractivity contribution in [3.63, 3.8) is 0 Å². The highest BCUT2D eigenvalue weighted by molar-refractivity contribution is 9.10. The molecule has 0 atom stereocenters. The number of rotatable bonds is 2. The minimum Gasteiger partial charge on any atom is -0.325 e. The molecule has 2 heterocycles. The van der Waals surface area contributed by atoms with E-state index in [0.29, 0.717) is 5.56 Å². The lowest BCUT2D eigenvalue weighted by Crippen LogP contribution is -2.12. The molecule has 0 saturated heterocycles. The average Bonchev–Trinajstić information content (AvgIpc) is 2.55. The summed E-state index contributed by atoms with van der Waals surface area (Å²) in [5.41, 5.74) is 3.80. The number of nitrogens with one attached hydrogen (secondary N) is 1. The molecule has 3 rings (SSSR count). The quantitative estimate of drug-likeness (QED) is 0.744. The molecule has 0 amide bonds. The lowest BCUT2D eigenvalue weighted by atomic mass is 9.99. The van der Waals surface area contributed by atoms with Gasteiger partial charge in [0.25, 0.3) is 5.56 Å². The van der Waals surface area contributed by atoms with Crippen molar-refractivity contribution in [1.29, 1.82) is 5.26 Å². The van der Waals surface area contributed by atoms with E-state index in [1.807, 2.05) is 48.5 Å². The van der Waals surface area contributed by atoms with Crippen LogP contribution in [0.1, 0.15) is 11.3 Å². The van der Waals surface area contributed by atoms with Crippen molar-refractivity contribution in [3.05, 3.63) is 74.7 Å². The molecular weight excluding hydrogens is 354 g/mol. The van der Waals surface area contributed by atoms with E-state index in [2.05, 4.69) is 25.9 Å². The second-order valence-corrected chi connectivity index (χ2v) is 6.04. The third kappa shape index (κ3) is 3.08. The van der Waals surface area contributed by atoms with Crippen molar-refractivity contribution >= 4 is 15.9 Å². The number of pyridine rings is 2. The van der Waals surface area contributed by atoms with Gasteiger partial charge >= 0.3 is 0 Å². The number of nitriles is 1. The molecule has 0 aliphatic rings. The van der Waals surface area contributed by atoms with Gasteiger partial charge in [-0.15, -0.1) is 0 Å². The summed E-state index contributed by atoms with van der Waals surface area (Å²) in [5.74, 6) is 0. The summed E-state index contributed by atoms with van der Waals surface area (Å²) in [4.78, 5) is 18.9. The second kappa shape index (κ2) is 6.19. The number of benzene rings is 1. The predicted molar refractivity (Wildman–Crippen MR) is 92.9 cm³/mol. The van der Waals surface area contributed by atoms with Crippen LogP contribution in [0.5, 0.6) is 0 Å². The molecule has 2 aromatic heterocycles. The summed E-state index contributed by atoms with van der Waals surface area (Å²) in [5, 5.41) is 9.23. The average molecular weight is 366 g/mol. The normalized spacial score (nSPS) is 10.3. The number of nitrogens with zero attached hydrogens (tertiary/aromatic N) is 2. The van der Waals surface area contributed by atoms with Gasteiger partial charge in [0.05, 0.1) is 5.69 Å². The van der Waals surface area contributed by atoms with Crippen LogP contribution < -0.4 is 5.56 Å². The van der Waals surface area contributed by atoms with Crippen LogP contribution in [-0.4, -0.2) is 9.97 Å². The van der Waals surface area contributed by atoms with Gasteiger partial charge in [-0.1, -0.05) is 24.3 Å². The third-order valence-corrected chi connectivity index (χ3v) is 3.97. The molecule has 4 nitrogen and oxygen atoms in total. The SMILES string of the molecule is Cc1cc(-c2ccc(-c3ccc(Br)cn3)cc2)c(C#N)c(=O)[nH]1. The van der Waals surface area contributed by atoms with Crippen molar-refractivity contribution in [2.24, 2.45) is 0 Å². The van der Waals surface area contributed by atoms with Crippen LogP contribution in [0.15, 0.2) is 57.9 Å². The maximum Gasteiger partial charge on any atom is 0.266 e. The van der Waals surface area contributed by atoms with E-state index in [9.17, 15) is 10.1 Å². The number of hydrogen-bond acceptors (Lipinski definition) is 3. The highest BCUT2D eigenvalue weighted by Gasteiger charge is 2.10. The fourth-order valence-corrected chi connectivity index (χ4v) is 2.63. The molecule has 5 heteroatoms. The first-order chi connectivity index (χ1) is 11.1. The number of halogens is 1. The topological polar surface area (TPSA) is 69.5 Å². The van der Waals surface area contributed by atoms with Crippen LogP contribution in [0, 0.1) is 18.3 Å². The van der Waals surface area contributed by atoms with Crippen LogP contribution in [-0.2, 0) is 0 Å². The molecule has 23 heavy (non-hydrogen) atoms. The summed E-state index contributed by atoms with van der Waals surface area (Å²) >= 11 is 3.36. The van der Waals surface area contributed by atoms with Crippen LogP contribution >= 0.6 is 15.9 Å². The van der Waals surface area contributed by atoms with Crippen LogP contribution in [0.4, 0.5) is 0 Å². The fourth-order valence-electron chi connectivity index (χ4n) is 2.39. The highest BCUT2D eigenvalue weighted by Crippen LogP contribution is 2.26. The van der Waals surface area contributed by atoms with Gasteiger partial charge in [0.2, 0.25) is 0 Å². The largest absolute Gasteiger partial charge is 0.325 e. The smallest absolute Gasteiger partial charge is 0.266 e. The number of aromatic amines is 1. The monoisotopic (exact) mass is 365 g/mol. The molecule has 1 aromatic carbocycles. The van der Waals surface area contributed by atoms with Gasteiger partial charge in [0, 0.05) is 27.5 Å². The summed E-state index contributed by atoms with van der Waals surface area (Å²) in [7, 11) is 0. The lowest BCUT2D eigenvalue weighted by molar-refractivity contribution is 1.13. The van der Waals surface area contributed by atoms with Crippen LogP contribution in [0.2, 0.25) is 0 Å². The van der Waals surface area contributed by atoms with Crippen molar-refractivity contribution < 1.29 is 0 Å². The Morgan fingerprint density at radius 3 is 2.43 bits per heavy atom. The van der Waals surface area contributed by atoms with Gasteiger partial charge < -0.3 is 4.98 Å². The standard InChI is InChI=1S/C18H12BrN3O/c1-11-8-15(16(9-20)18(23)22-11)12-2-4-13(5-3-12)17-7-6-14(19)10-21-17/h2-8,10H,1H3,(H,22,23). The molecule has 0 bridgehead atoms. The minimum absolute atomic E-state index is 0.130. The van der Waals surface area contributed by atoms with E-state index in [4.69, 9.17) is 0 Å². The Bertz CT molecular complexity index is 952. The Morgan fingerprint density at radius 2 is 1.83 bits per heavy atom. The minimum atomic E-state index is -0.360. The summed E-state index contributed by atoms with van der Waals surface area (Å²) in [6.07, 6.45) is 1.75. The van der Waals surface area contributed by atoms with Gasteiger partial charge in [0.1, 0.15) is 11.6 Å². The number of aryl methyl sites for hydroxylation is 1. The molecule has 0 saturated carbocycles. The molecule has 0 spiro atoms. The lowest BCUT2D eigenvalue weighted by Gasteiger charge is -2.07. The van der Waals surface area contributed by atoms with Gasteiger partial charge in [0.15, 0.2) is 0 Å². The summed E-state index contributed by atoms with van der Waals surface area (Å²) in [6, 6.07) is 15.3. The summed E-state index contributed by atoms with van der Waals surface area (Å²) < 4.78 is 0.926. The highest BCUT2D eigenvalue weighted by atomic mass is 79.9. The Labute approximate surface area is 141 Å². The predicted octanol–water partition coefficient (Wildman–Crippen LogP) is 4.05. The molecule has 0 radical (unpaired) electrons. The maximum absolute atomic E-state index is 11.9. The second-order valence-electron chi connectivity index (χ2n) is 5.12. The van der Waals surface area contributed by atoms with Gasteiger partial charge in [-0.3, -0.25) is 9.78 Å². The first-order valence-corrected chi connectivity index (χ1v) is 7.74. The first-order valence-electron chi connectivity index (χ1n) is 6.95. The van der Waals surface area contributed by atoms with E-state index in [0.717, 1.165) is 27.0 Å². The zero-order valence-electron chi connectivity index (χ0n) is 12.3. The Balaban J connectivity index is 2.05. The van der Waals surface area contributed by atoms with Crippen molar-refractivity contribution in [2.45, 2.75) is 6.92 Å². The van der Waals surface area contributed by atoms with Gasteiger partial charge in [-0.05, 0) is 46.6 Å². The van der Waals surface area contributed by atoms with Crippen LogP contribution in [0.3, 0.4) is 0 Å². The number of hydrogen-bond donors (Lipinski definition) is 1. The first kappa shape index (κ1) is 15.2. The molecule has 1 N–H and O–H groups in total. The Hall–Kier alpha value is -2.71. The number of aromatic nitrogens is 2. The fraction of sp³-hybridized carbons (Fsp3) is 0.0556. The molecule has 112 valence electrons. The van der Waals surface area contributed by atoms with Gasteiger partial charge in [-0.25, -0.2) is 0 Å². The Morgan fingerprint density at radius 1 is 1.13 bits per heavy atom. The van der Waals surface area contributed by atoms with Crippen molar-refractivity contribution in [1.82, 2.24) is 9.97 Å². The number of H-pyrrole nitrogens is 1. The van der Waals surface area contributed by atoms with Crippen LogP contribution in [0.25, 0.3) is 22.4 Å².